The van der Waals surface area contributed by atoms with E-state index in [1.54, 1.807) is 16.7 Å². The molecule has 3 nitrogen and oxygen atoms in total. The summed E-state index contributed by atoms with van der Waals surface area (Å²) < 4.78 is 0. The van der Waals surface area contributed by atoms with E-state index in [1.807, 2.05) is 0 Å². The van der Waals surface area contributed by atoms with Crippen molar-refractivity contribution in [2.24, 2.45) is 28.9 Å². The monoisotopic (exact) mass is 264 g/mol. The van der Waals surface area contributed by atoms with Crippen LogP contribution in [0.4, 0.5) is 0 Å². The Morgan fingerprint density at radius 1 is 1.50 bits per heavy atom. The number of thiazole rings is 1. The number of rotatable bonds is 2. The number of primary amides is 1. The minimum absolute atomic E-state index is 0.411. The first kappa shape index (κ1) is 12.2. The minimum atomic E-state index is -0.411. The first-order valence-corrected chi connectivity index (χ1v) is 7.54. The van der Waals surface area contributed by atoms with Crippen LogP contribution in [0.2, 0.25) is 0 Å². The van der Waals surface area contributed by atoms with Crippen LogP contribution in [0.25, 0.3) is 0 Å². The van der Waals surface area contributed by atoms with Crippen LogP contribution in [-0.4, -0.2) is 10.9 Å². The summed E-state index contributed by atoms with van der Waals surface area (Å²) in [7, 11) is 0. The molecule has 3 fully saturated rings. The van der Waals surface area contributed by atoms with Crippen molar-refractivity contribution in [2.75, 3.05) is 0 Å². The highest BCUT2D eigenvalue weighted by atomic mass is 32.1. The number of nitrogens with two attached hydrogens (primary N) is 1. The molecule has 0 saturated heterocycles. The van der Waals surface area contributed by atoms with Gasteiger partial charge in [0.2, 0.25) is 0 Å². The fourth-order valence-corrected chi connectivity index (χ4v) is 5.08. The van der Waals surface area contributed by atoms with E-state index in [1.165, 1.54) is 12.8 Å². The van der Waals surface area contributed by atoms with Gasteiger partial charge in [0, 0.05) is 11.3 Å². The number of carbonyl (C=O) groups is 1. The number of hydrogen-bond acceptors (Lipinski definition) is 3. The molecule has 1 aromatic heterocycles. The van der Waals surface area contributed by atoms with Gasteiger partial charge in [-0.3, -0.25) is 4.79 Å². The van der Waals surface area contributed by atoms with Crippen LogP contribution in [0.15, 0.2) is 5.38 Å². The van der Waals surface area contributed by atoms with Gasteiger partial charge in [-0.05, 0) is 36.0 Å². The second-order valence-electron chi connectivity index (χ2n) is 6.50. The summed E-state index contributed by atoms with van der Waals surface area (Å²) in [6, 6.07) is 0. The number of aromatic nitrogens is 1. The third kappa shape index (κ3) is 1.54. The Morgan fingerprint density at radius 2 is 2.22 bits per heavy atom. The molecule has 3 aliphatic rings. The predicted octanol–water partition coefficient (Wildman–Crippen LogP) is 3.03. The molecular weight excluding hydrogens is 244 g/mol. The molecule has 0 unspecified atom stereocenters. The lowest BCUT2D eigenvalue weighted by Gasteiger charge is -2.61. The van der Waals surface area contributed by atoms with Crippen LogP contribution in [0, 0.1) is 23.2 Å². The molecule has 0 spiro atoms. The second kappa shape index (κ2) is 3.80. The fraction of sp³-hybridized carbons (Fsp3) is 0.714. The lowest BCUT2D eigenvalue weighted by Crippen LogP contribution is -2.54. The van der Waals surface area contributed by atoms with Crippen molar-refractivity contribution in [3.63, 3.8) is 0 Å². The minimum Gasteiger partial charge on any atom is -0.364 e. The summed E-state index contributed by atoms with van der Waals surface area (Å²) in [5, 5.41) is 2.91. The Hall–Kier alpha value is -0.900. The van der Waals surface area contributed by atoms with E-state index in [0.717, 1.165) is 16.8 Å². The summed E-state index contributed by atoms with van der Waals surface area (Å²) in [6.07, 6.45) is 2.59. The van der Waals surface area contributed by atoms with Gasteiger partial charge in [-0.25, -0.2) is 4.98 Å². The molecular formula is C14H20N2OS. The summed E-state index contributed by atoms with van der Waals surface area (Å²) in [5.41, 5.74) is 6.21. The summed E-state index contributed by atoms with van der Waals surface area (Å²) in [6.45, 7) is 7.14. The van der Waals surface area contributed by atoms with E-state index in [0.29, 0.717) is 22.9 Å². The topological polar surface area (TPSA) is 56.0 Å². The maximum atomic E-state index is 11.1. The molecule has 0 aromatic carbocycles. The van der Waals surface area contributed by atoms with Gasteiger partial charge in [0.05, 0.1) is 5.01 Å². The van der Waals surface area contributed by atoms with Crippen molar-refractivity contribution >= 4 is 17.2 Å². The predicted molar refractivity (Wildman–Crippen MR) is 72.5 cm³/mol. The number of fused-ring (bicyclic) bond motifs is 2. The Kier molecular flexibility index (Phi) is 2.56. The molecule has 0 radical (unpaired) electrons. The van der Waals surface area contributed by atoms with E-state index < -0.39 is 5.91 Å². The van der Waals surface area contributed by atoms with Gasteiger partial charge in [0.1, 0.15) is 5.69 Å². The molecule has 3 saturated carbocycles. The van der Waals surface area contributed by atoms with Gasteiger partial charge in [0.25, 0.3) is 5.91 Å². The molecule has 18 heavy (non-hydrogen) atoms. The van der Waals surface area contributed by atoms with Crippen molar-refractivity contribution in [1.29, 1.82) is 0 Å². The van der Waals surface area contributed by atoms with E-state index in [4.69, 9.17) is 5.73 Å². The smallest absolute Gasteiger partial charge is 0.268 e. The Balaban J connectivity index is 1.84. The molecule has 2 bridgehead atoms. The van der Waals surface area contributed by atoms with E-state index in [9.17, 15) is 4.79 Å². The zero-order valence-electron chi connectivity index (χ0n) is 11.1. The van der Waals surface area contributed by atoms with Crippen LogP contribution in [0.3, 0.4) is 0 Å². The van der Waals surface area contributed by atoms with Crippen molar-refractivity contribution in [3.05, 3.63) is 16.1 Å². The molecule has 1 aromatic rings. The quantitative estimate of drug-likeness (QED) is 0.892. The van der Waals surface area contributed by atoms with E-state index in [-0.39, 0.29) is 0 Å². The zero-order valence-corrected chi connectivity index (χ0v) is 12.0. The summed E-state index contributed by atoms with van der Waals surface area (Å²) >= 11 is 1.60. The van der Waals surface area contributed by atoms with Crippen LogP contribution < -0.4 is 5.73 Å². The van der Waals surface area contributed by atoms with E-state index >= 15 is 0 Å². The second-order valence-corrected chi connectivity index (χ2v) is 7.39. The lowest BCUT2D eigenvalue weighted by molar-refractivity contribution is -0.110. The maximum absolute atomic E-state index is 11.1. The normalized spacial score (nSPS) is 37.1. The zero-order chi connectivity index (χ0) is 13.1. The van der Waals surface area contributed by atoms with Crippen LogP contribution in [0.5, 0.6) is 0 Å². The molecule has 4 atom stereocenters. The average molecular weight is 264 g/mol. The first-order valence-electron chi connectivity index (χ1n) is 6.66. The average Bonchev–Trinajstić information content (AvgIpc) is 2.77. The molecule has 1 amide bonds. The largest absolute Gasteiger partial charge is 0.364 e. The Morgan fingerprint density at radius 3 is 2.72 bits per heavy atom. The Labute approximate surface area is 112 Å². The summed E-state index contributed by atoms with van der Waals surface area (Å²) in [4.78, 5) is 15.6. The highest BCUT2D eigenvalue weighted by molar-refractivity contribution is 7.09. The van der Waals surface area contributed by atoms with Gasteiger partial charge < -0.3 is 5.73 Å². The molecule has 1 heterocycles. The standard InChI is InChI=1S/C14H20N2OS/c1-7-9(4-8-5-10(7)14(8,2)3)13-16-11(6-18-13)12(15)17/h6-10H,4-5H2,1-3H3,(H2,15,17)/t7-,8+,9+,10+/m1/s1. The molecule has 3 aliphatic carbocycles. The van der Waals surface area contributed by atoms with Gasteiger partial charge >= 0.3 is 0 Å². The van der Waals surface area contributed by atoms with Crippen LogP contribution >= 0.6 is 11.3 Å². The molecule has 98 valence electrons. The number of hydrogen-bond donors (Lipinski definition) is 1. The highest BCUT2D eigenvalue weighted by Crippen LogP contribution is 2.65. The van der Waals surface area contributed by atoms with E-state index in [2.05, 4.69) is 25.8 Å². The van der Waals surface area contributed by atoms with Gasteiger partial charge in [-0.2, -0.15) is 0 Å². The SMILES string of the molecule is C[C@@H]1[C@@H](c2nc(C(N)=O)cs2)C[C@H]2C[C@@H]1C2(C)C. The lowest BCUT2D eigenvalue weighted by atomic mass is 9.43. The third-order valence-electron chi connectivity index (χ3n) is 5.45. The highest BCUT2D eigenvalue weighted by Gasteiger charge is 2.56. The van der Waals surface area contributed by atoms with Crippen molar-refractivity contribution < 1.29 is 4.79 Å². The molecule has 2 N–H and O–H groups in total. The van der Waals surface area contributed by atoms with Gasteiger partial charge in [-0.15, -0.1) is 11.3 Å². The molecule has 4 rings (SSSR count). The number of carbonyl (C=O) groups excluding carboxylic acids is 1. The van der Waals surface area contributed by atoms with Crippen molar-refractivity contribution in [1.82, 2.24) is 4.98 Å². The Bertz CT molecular complexity index is 494. The van der Waals surface area contributed by atoms with Crippen molar-refractivity contribution in [3.8, 4) is 0 Å². The van der Waals surface area contributed by atoms with Crippen LogP contribution in [0.1, 0.15) is 55.0 Å². The number of amides is 1. The maximum Gasteiger partial charge on any atom is 0.268 e. The fourth-order valence-electron chi connectivity index (χ4n) is 4.05. The molecule has 0 aliphatic heterocycles. The molecule has 4 heteroatoms. The first-order chi connectivity index (χ1) is 8.41. The van der Waals surface area contributed by atoms with Gasteiger partial charge in [-0.1, -0.05) is 20.8 Å². The third-order valence-corrected chi connectivity index (χ3v) is 6.42. The number of nitrogens with zero attached hydrogens (tertiary/aromatic N) is 1. The van der Waals surface area contributed by atoms with Gasteiger partial charge in [0.15, 0.2) is 0 Å². The van der Waals surface area contributed by atoms with Crippen LogP contribution in [-0.2, 0) is 0 Å². The summed E-state index contributed by atoms with van der Waals surface area (Å²) in [5.74, 6) is 2.41. The van der Waals surface area contributed by atoms with Crippen molar-refractivity contribution in [2.45, 2.75) is 39.5 Å².